The lowest BCUT2D eigenvalue weighted by Gasteiger charge is -2.21. The number of anilines is 1. The Bertz CT molecular complexity index is 370. The number of hydrogen-bond donors (Lipinski definition) is 1. The summed E-state index contributed by atoms with van der Waals surface area (Å²) in [5.41, 5.74) is 2.21. The Hall–Kier alpha value is -1.20. The number of hydrogen-bond acceptors (Lipinski definition) is 5. The van der Waals surface area contributed by atoms with Gasteiger partial charge in [-0.1, -0.05) is 6.92 Å². The van der Waals surface area contributed by atoms with Crippen molar-refractivity contribution < 1.29 is 4.74 Å². The average molecular weight is 266 g/mol. The average Bonchev–Trinajstić information content (AvgIpc) is 2.42. The van der Waals surface area contributed by atoms with Crippen LogP contribution in [-0.2, 0) is 11.3 Å². The highest BCUT2D eigenvalue weighted by molar-refractivity contribution is 5.32. The molecule has 0 radical (unpaired) electrons. The predicted molar refractivity (Wildman–Crippen MR) is 78.5 cm³/mol. The molecule has 0 aliphatic heterocycles. The van der Waals surface area contributed by atoms with E-state index in [0.29, 0.717) is 6.61 Å². The third-order valence-corrected chi connectivity index (χ3v) is 3.04. The van der Waals surface area contributed by atoms with E-state index in [1.54, 1.807) is 7.11 Å². The molecule has 0 saturated heterocycles. The number of methoxy groups -OCH3 is 1. The summed E-state index contributed by atoms with van der Waals surface area (Å²) in [6, 6.07) is 0. The predicted octanol–water partition coefficient (Wildman–Crippen LogP) is 1.76. The summed E-state index contributed by atoms with van der Waals surface area (Å²) >= 11 is 0. The molecule has 0 aliphatic carbocycles. The number of likely N-dealkylation sites (N-methyl/N-ethyl adjacent to an activating group) is 1. The summed E-state index contributed by atoms with van der Waals surface area (Å²) in [5, 5.41) is 3.38. The number of aromatic nitrogens is 2. The summed E-state index contributed by atoms with van der Waals surface area (Å²) in [5.74, 6) is 0.788. The molecular formula is C14H26N4O. The van der Waals surface area contributed by atoms with Gasteiger partial charge < -0.3 is 15.0 Å². The molecule has 0 atom stereocenters. The summed E-state index contributed by atoms with van der Waals surface area (Å²) in [6.45, 7) is 10.6. The van der Waals surface area contributed by atoms with Crippen molar-refractivity contribution in [2.45, 2.75) is 33.7 Å². The Morgan fingerprint density at radius 3 is 2.74 bits per heavy atom. The minimum atomic E-state index is 0.691. The molecule has 0 fully saturated rings. The van der Waals surface area contributed by atoms with Gasteiger partial charge in [-0.2, -0.15) is 0 Å². The first-order chi connectivity index (χ1) is 9.22. The zero-order valence-corrected chi connectivity index (χ0v) is 12.6. The van der Waals surface area contributed by atoms with E-state index in [-0.39, 0.29) is 0 Å². The van der Waals surface area contributed by atoms with Gasteiger partial charge in [0, 0.05) is 44.2 Å². The normalized spacial score (nSPS) is 10.7. The summed E-state index contributed by atoms with van der Waals surface area (Å²) < 4.78 is 5.11. The highest BCUT2D eigenvalue weighted by atomic mass is 16.5. The van der Waals surface area contributed by atoms with Gasteiger partial charge >= 0.3 is 0 Å². The van der Waals surface area contributed by atoms with Crippen molar-refractivity contribution in [2.24, 2.45) is 0 Å². The monoisotopic (exact) mass is 266 g/mol. The lowest BCUT2D eigenvalue weighted by atomic mass is 10.2. The lowest BCUT2D eigenvalue weighted by molar-refractivity contribution is 0.205. The molecule has 1 aromatic rings. The largest absolute Gasteiger partial charge is 0.383 e. The van der Waals surface area contributed by atoms with Gasteiger partial charge in [-0.05, 0) is 26.8 Å². The third kappa shape index (κ3) is 5.12. The fourth-order valence-electron chi connectivity index (χ4n) is 1.81. The second-order valence-electron chi connectivity index (χ2n) is 4.53. The number of ether oxygens (including phenoxy) is 1. The van der Waals surface area contributed by atoms with Crippen LogP contribution >= 0.6 is 0 Å². The Morgan fingerprint density at radius 2 is 2.16 bits per heavy atom. The summed E-state index contributed by atoms with van der Waals surface area (Å²) in [6.07, 6.45) is 3.06. The van der Waals surface area contributed by atoms with E-state index < -0.39 is 0 Å². The van der Waals surface area contributed by atoms with Gasteiger partial charge in [0.15, 0.2) is 0 Å². The molecule has 0 bridgehead atoms. The van der Waals surface area contributed by atoms with E-state index in [1.165, 1.54) is 5.56 Å². The summed E-state index contributed by atoms with van der Waals surface area (Å²) in [7, 11) is 1.71. The molecular weight excluding hydrogens is 240 g/mol. The van der Waals surface area contributed by atoms with Crippen LogP contribution in [0.5, 0.6) is 0 Å². The second kappa shape index (κ2) is 8.82. The zero-order valence-electron chi connectivity index (χ0n) is 12.6. The van der Waals surface area contributed by atoms with Crippen LogP contribution in [0, 0.1) is 6.92 Å². The minimum absolute atomic E-state index is 0.691. The smallest absolute Gasteiger partial charge is 0.225 e. The first-order valence-corrected chi connectivity index (χ1v) is 7.00. The molecule has 0 aliphatic rings. The van der Waals surface area contributed by atoms with Crippen LogP contribution in [0.15, 0.2) is 6.20 Å². The molecule has 0 saturated carbocycles. The van der Waals surface area contributed by atoms with Crippen LogP contribution < -0.4 is 10.2 Å². The van der Waals surface area contributed by atoms with Gasteiger partial charge in [-0.3, -0.25) is 0 Å². The zero-order chi connectivity index (χ0) is 14.1. The van der Waals surface area contributed by atoms with E-state index in [9.17, 15) is 0 Å². The van der Waals surface area contributed by atoms with Gasteiger partial charge in [0.25, 0.3) is 0 Å². The van der Waals surface area contributed by atoms with Crippen molar-refractivity contribution in [1.82, 2.24) is 15.3 Å². The van der Waals surface area contributed by atoms with Crippen LogP contribution in [0.1, 0.15) is 31.5 Å². The van der Waals surface area contributed by atoms with Gasteiger partial charge in [-0.15, -0.1) is 0 Å². The maximum atomic E-state index is 5.11. The van der Waals surface area contributed by atoms with Crippen molar-refractivity contribution in [3.8, 4) is 0 Å². The molecule has 108 valence electrons. The Morgan fingerprint density at radius 1 is 1.37 bits per heavy atom. The molecule has 1 rings (SSSR count). The van der Waals surface area contributed by atoms with Gasteiger partial charge in [0.1, 0.15) is 0 Å². The molecule has 0 spiro atoms. The van der Waals surface area contributed by atoms with Crippen molar-refractivity contribution in [2.75, 3.05) is 38.3 Å². The molecule has 0 amide bonds. The highest BCUT2D eigenvalue weighted by Crippen LogP contribution is 2.11. The quantitative estimate of drug-likeness (QED) is 0.690. The first-order valence-electron chi connectivity index (χ1n) is 7.00. The van der Waals surface area contributed by atoms with E-state index in [1.807, 2.05) is 13.1 Å². The highest BCUT2D eigenvalue weighted by Gasteiger charge is 2.09. The fraction of sp³-hybridized carbons (Fsp3) is 0.714. The van der Waals surface area contributed by atoms with Crippen molar-refractivity contribution in [1.29, 1.82) is 0 Å². The molecule has 1 N–H and O–H groups in total. The molecule has 0 aromatic carbocycles. The lowest BCUT2D eigenvalue weighted by Crippen LogP contribution is -2.29. The topological polar surface area (TPSA) is 50.3 Å². The van der Waals surface area contributed by atoms with E-state index in [0.717, 1.165) is 44.2 Å². The number of nitrogens with one attached hydrogen (secondary N) is 1. The molecule has 5 heteroatoms. The maximum Gasteiger partial charge on any atom is 0.225 e. The van der Waals surface area contributed by atoms with Gasteiger partial charge in [0.2, 0.25) is 5.95 Å². The van der Waals surface area contributed by atoms with Crippen molar-refractivity contribution in [3.63, 3.8) is 0 Å². The van der Waals surface area contributed by atoms with Crippen LogP contribution in [0.2, 0.25) is 0 Å². The van der Waals surface area contributed by atoms with Crippen molar-refractivity contribution in [3.05, 3.63) is 17.5 Å². The van der Waals surface area contributed by atoms with Crippen LogP contribution in [-0.4, -0.2) is 43.3 Å². The van der Waals surface area contributed by atoms with Gasteiger partial charge in [0.05, 0.1) is 6.61 Å². The van der Waals surface area contributed by atoms with E-state index in [2.05, 4.69) is 34.0 Å². The van der Waals surface area contributed by atoms with Crippen molar-refractivity contribution >= 4 is 5.95 Å². The molecule has 1 aromatic heterocycles. The second-order valence-corrected chi connectivity index (χ2v) is 4.53. The standard InChI is InChI=1S/C14H26N4O/c1-5-7-15-10-13-11-16-14(17-12(13)3)18(6-2)8-9-19-4/h11,15H,5-10H2,1-4H3. The molecule has 1 heterocycles. The Balaban J connectivity index is 2.68. The van der Waals surface area contributed by atoms with E-state index >= 15 is 0 Å². The third-order valence-electron chi connectivity index (χ3n) is 3.04. The first kappa shape index (κ1) is 15.9. The summed E-state index contributed by atoms with van der Waals surface area (Å²) in [4.78, 5) is 11.2. The van der Waals surface area contributed by atoms with Crippen LogP contribution in [0.4, 0.5) is 5.95 Å². The molecule has 19 heavy (non-hydrogen) atoms. The number of rotatable bonds is 9. The minimum Gasteiger partial charge on any atom is -0.383 e. The maximum absolute atomic E-state index is 5.11. The fourth-order valence-corrected chi connectivity index (χ4v) is 1.81. The molecule has 5 nitrogen and oxygen atoms in total. The van der Waals surface area contributed by atoms with Gasteiger partial charge in [-0.25, -0.2) is 9.97 Å². The number of aryl methyl sites for hydroxylation is 1. The van der Waals surface area contributed by atoms with Crippen LogP contribution in [0.25, 0.3) is 0 Å². The van der Waals surface area contributed by atoms with Crippen LogP contribution in [0.3, 0.4) is 0 Å². The Kier molecular flexibility index (Phi) is 7.36. The number of nitrogens with zero attached hydrogens (tertiary/aromatic N) is 3. The SMILES string of the molecule is CCCNCc1cnc(N(CC)CCOC)nc1C. The molecule has 0 unspecified atom stereocenters. The van der Waals surface area contributed by atoms with E-state index in [4.69, 9.17) is 4.74 Å². The Labute approximate surface area is 116 Å².